The van der Waals surface area contributed by atoms with Gasteiger partial charge in [-0.25, -0.2) is 4.79 Å². The van der Waals surface area contributed by atoms with Gasteiger partial charge in [-0.3, -0.25) is 4.90 Å². The zero-order valence-electron chi connectivity index (χ0n) is 20.0. The molecule has 0 saturated carbocycles. The molecular formula is C26H30N4O4. The first-order valence-electron chi connectivity index (χ1n) is 11.5. The first-order chi connectivity index (χ1) is 16.5. The van der Waals surface area contributed by atoms with Crippen molar-refractivity contribution < 1.29 is 18.8 Å². The van der Waals surface area contributed by atoms with Crippen LogP contribution in [-0.2, 0) is 0 Å². The average molecular weight is 463 g/mol. The summed E-state index contributed by atoms with van der Waals surface area (Å²) >= 11 is 0. The predicted molar refractivity (Wildman–Crippen MR) is 129 cm³/mol. The van der Waals surface area contributed by atoms with Gasteiger partial charge < -0.3 is 19.3 Å². The molecule has 4 rings (SSSR count). The molecule has 1 N–H and O–H groups in total. The van der Waals surface area contributed by atoms with Crippen LogP contribution in [-0.4, -0.2) is 41.8 Å². The number of hydrogen-bond acceptors (Lipinski definition) is 6. The molecule has 2 aromatic carbocycles. The fourth-order valence-electron chi connectivity index (χ4n) is 4.11. The smallest absolute Gasteiger partial charge is 0.322 e. The lowest BCUT2D eigenvalue weighted by Gasteiger charge is -2.35. The van der Waals surface area contributed by atoms with E-state index in [1.165, 1.54) is 0 Å². The van der Waals surface area contributed by atoms with Crippen LogP contribution in [0.25, 0.3) is 17.0 Å². The Morgan fingerprint density at radius 2 is 1.82 bits per heavy atom. The summed E-state index contributed by atoms with van der Waals surface area (Å²) in [4.78, 5) is 19.5. The van der Waals surface area contributed by atoms with Crippen molar-refractivity contribution >= 4 is 11.6 Å². The Bertz CT molecular complexity index is 1170. The maximum atomic E-state index is 13.1. The monoisotopic (exact) mass is 462 g/mol. The lowest BCUT2D eigenvalue weighted by molar-refractivity contribution is 0.204. The highest BCUT2D eigenvalue weighted by molar-refractivity contribution is 5.86. The van der Waals surface area contributed by atoms with Gasteiger partial charge in [0.15, 0.2) is 0 Å². The summed E-state index contributed by atoms with van der Waals surface area (Å²) in [5.74, 6) is 2.28. The number of urea groups is 1. The summed E-state index contributed by atoms with van der Waals surface area (Å²) in [6.45, 7) is 4.70. The van der Waals surface area contributed by atoms with Crippen LogP contribution in [0.4, 0.5) is 4.79 Å². The van der Waals surface area contributed by atoms with E-state index in [0.717, 1.165) is 47.4 Å². The Hall–Kier alpha value is -3.81. The molecule has 0 spiro atoms. The standard InChI is InChI=1S/C26H30N4O4/c1-5-6-7-15-30-17(2)22(23(27-26(30)31)18-11-13-20(32-3)14-12-18)25-28-24(29-34-25)19-9-8-10-21(16-19)33-4/h8-14,16,23H,5-7,15H2,1-4H3,(H,27,31). The van der Waals surface area contributed by atoms with Gasteiger partial charge in [0.1, 0.15) is 11.5 Å². The molecule has 0 fully saturated rings. The quantitative estimate of drug-likeness (QED) is 0.426. The van der Waals surface area contributed by atoms with E-state index in [0.29, 0.717) is 24.0 Å². The molecule has 0 radical (unpaired) electrons. The van der Waals surface area contributed by atoms with Crippen LogP contribution in [0.2, 0.25) is 0 Å². The van der Waals surface area contributed by atoms with E-state index in [1.54, 1.807) is 19.1 Å². The minimum absolute atomic E-state index is 0.134. The number of rotatable bonds is 9. The summed E-state index contributed by atoms with van der Waals surface area (Å²) in [6, 6.07) is 14.6. The molecule has 1 aliphatic rings. The number of aromatic nitrogens is 2. The minimum Gasteiger partial charge on any atom is -0.497 e. The third-order valence-corrected chi connectivity index (χ3v) is 6.02. The maximum absolute atomic E-state index is 13.1. The number of amides is 2. The van der Waals surface area contributed by atoms with Gasteiger partial charge in [-0.15, -0.1) is 0 Å². The van der Waals surface area contributed by atoms with Gasteiger partial charge in [-0.2, -0.15) is 4.98 Å². The summed E-state index contributed by atoms with van der Waals surface area (Å²) < 4.78 is 16.4. The van der Waals surface area contributed by atoms with Gasteiger partial charge in [-0.1, -0.05) is 49.2 Å². The summed E-state index contributed by atoms with van der Waals surface area (Å²) in [5.41, 5.74) is 3.27. The molecule has 178 valence electrons. The number of hydrogen-bond donors (Lipinski definition) is 1. The van der Waals surface area contributed by atoms with E-state index < -0.39 is 6.04 Å². The molecular weight excluding hydrogens is 432 g/mol. The number of allylic oxidation sites excluding steroid dienone is 1. The fourth-order valence-corrected chi connectivity index (χ4v) is 4.11. The summed E-state index contributed by atoms with van der Waals surface area (Å²) in [7, 11) is 3.24. The van der Waals surface area contributed by atoms with Crippen LogP contribution >= 0.6 is 0 Å². The van der Waals surface area contributed by atoms with Gasteiger partial charge in [0.2, 0.25) is 5.82 Å². The second-order valence-electron chi connectivity index (χ2n) is 8.17. The third kappa shape index (κ3) is 4.76. The highest BCUT2D eigenvalue weighted by atomic mass is 16.5. The van der Waals surface area contributed by atoms with E-state index in [1.807, 2.05) is 55.5 Å². The summed E-state index contributed by atoms with van der Waals surface area (Å²) in [5, 5.41) is 7.35. The second kappa shape index (κ2) is 10.4. The first kappa shape index (κ1) is 23.4. The van der Waals surface area contributed by atoms with Crippen LogP contribution in [0, 0.1) is 0 Å². The van der Waals surface area contributed by atoms with Crippen molar-refractivity contribution in [3.63, 3.8) is 0 Å². The number of carbonyl (C=O) groups is 1. The number of methoxy groups -OCH3 is 2. The fraction of sp³-hybridized carbons (Fsp3) is 0.346. The number of unbranched alkanes of at least 4 members (excludes halogenated alkanes) is 2. The number of nitrogens with zero attached hydrogens (tertiary/aromatic N) is 3. The van der Waals surface area contributed by atoms with E-state index in [9.17, 15) is 4.79 Å². The number of nitrogens with one attached hydrogen (secondary N) is 1. The zero-order chi connectivity index (χ0) is 24.1. The average Bonchev–Trinajstić information content (AvgIpc) is 3.35. The van der Waals surface area contributed by atoms with E-state index in [-0.39, 0.29) is 6.03 Å². The normalized spacial score (nSPS) is 15.9. The highest BCUT2D eigenvalue weighted by Gasteiger charge is 2.35. The van der Waals surface area contributed by atoms with Gasteiger partial charge in [0.05, 0.1) is 25.8 Å². The van der Waals surface area contributed by atoms with Crippen molar-refractivity contribution in [2.24, 2.45) is 0 Å². The van der Waals surface area contributed by atoms with E-state index >= 15 is 0 Å². The van der Waals surface area contributed by atoms with Crippen molar-refractivity contribution in [3.05, 3.63) is 65.7 Å². The number of carbonyl (C=O) groups excluding carboxylic acids is 1. The predicted octanol–water partition coefficient (Wildman–Crippen LogP) is 5.44. The molecule has 2 amide bonds. The van der Waals surface area contributed by atoms with Crippen molar-refractivity contribution in [1.82, 2.24) is 20.4 Å². The lowest BCUT2D eigenvalue weighted by atomic mass is 9.94. The third-order valence-electron chi connectivity index (χ3n) is 6.02. The molecule has 8 nitrogen and oxygen atoms in total. The molecule has 3 aromatic rings. The van der Waals surface area contributed by atoms with Crippen LogP contribution < -0.4 is 14.8 Å². The molecule has 1 aromatic heterocycles. The van der Waals surface area contributed by atoms with Crippen LogP contribution in [0.1, 0.15) is 50.6 Å². The van der Waals surface area contributed by atoms with Gasteiger partial charge in [0, 0.05) is 17.8 Å². The zero-order valence-corrected chi connectivity index (χ0v) is 20.0. The van der Waals surface area contributed by atoms with Crippen LogP contribution in [0.15, 0.2) is 58.8 Å². The lowest BCUT2D eigenvalue weighted by Crippen LogP contribution is -2.46. The molecule has 1 unspecified atom stereocenters. The highest BCUT2D eigenvalue weighted by Crippen LogP contribution is 2.38. The van der Waals surface area contributed by atoms with Crippen molar-refractivity contribution in [1.29, 1.82) is 0 Å². The number of ether oxygens (including phenoxy) is 2. The minimum atomic E-state index is -0.431. The van der Waals surface area contributed by atoms with E-state index in [4.69, 9.17) is 19.0 Å². The van der Waals surface area contributed by atoms with Gasteiger partial charge >= 0.3 is 6.03 Å². The molecule has 0 aliphatic carbocycles. The Kier molecular flexibility index (Phi) is 7.15. The van der Waals surface area contributed by atoms with Crippen molar-refractivity contribution in [3.8, 4) is 22.9 Å². The van der Waals surface area contributed by atoms with Crippen molar-refractivity contribution in [2.75, 3.05) is 20.8 Å². The Morgan fingerprint density at radius 1 is 1.06 bits per heavy atom. The van der Waals surface area contributed by atoms with Gasteiger partial charge in [0.25, 0.3) is 5.89 Å². The molecule has 0 saturated heterocycles. The molecule has 1 aliphatic heterocycles. The Balaban J connectivity index is 1.76. The Morgan fingerprint density at radius 3 is 2.53 bits per heavy atom. The molecule has 34 heavy (non-hydrogen) atoms. The molecule has 1 atom stereocenters. The second-order valence-corrected chi connectivity index (χ2v) is 8.17. The SMILES string of the molecule is CCCCCN1C(=O)NC(c2ccc(OC)cc2)C(c2nc(-c3cccc(OC)c3)no2)=C1C. The molecule has 8 heteroatoms. The van der Waals surface area contributed by atoms with Crippen molar-refractivity contribution in [2.45, 2.75) is 39.2 Å². The topological polar surface area (TPSA) is 89.7 Å². The van der Waals surface area contributed by atoms with Crippen LogP contribution in [0.3, 0.4) is 0 Å². The summed E-state index contributed by atoms with van der Waals surface area (Å²) in [6.07, 6.45) is 3.04. The van der Waals surface area contributed by atoms with Gasteiger partial charge in [-0.05, 0) is 43.2 Å². The Labute approximate surface area is 199 Å². The number of benzene rings is 2. The molecule has 2 heterocycles. The van der Waals surface area contributed by atoms with E-state index in [2.05, 4.69) is 17.4 Å². The molecule has 0 bridgehead atoms. The van der Waals surface area contributed by atoms with Crippen LogP contribution in [0.5, 0.6) is 11.5 Å². The largest absolute Gasteiger partial charge is 0.497 e. The first-order valence-corrected chi connectivity index (χ1v) is 11.5. The maximum Gasteiger partial charge on any atom is 0.322 e.